The van der Waals surface area contributed by atoms with E-state index in [-0.39, 0.29) is 13.6 Å². The van der Waals surface area contributed by atoms with Crippen LogP contribution in [0.2, 0.25) is 0 Å². The lowest BCUT2D eigenvalue weighted by molar-refractivity contribution is 0.115. The largest absolute Gasteiger partial charge is 0.452 e. The van der Waals surface area contributed by atoms with Gasteiger partial charge in [0.2, 0.25) is 0 Å². The molecule has 0 aliphatic heterocycles. The summed E-state index contributed by atoms with van der Waals surface area (Å²) in [7, 11) is 0. The van der Waals surface area contributed by atoms with E-state index < -0.39 is 12.2 Å². The average molecular weight is 204 g/mol. The first-order valence-electron chi connectivity index (χ1n) is 4.24. The number of carbonyl (C=O) groups excluding carboxylic acids is 2. The summed E-state index contributed by atoms with van der Waals surface area (Å²) in [6.45, 7) is 6.67. The maximum atomic E-state index is 10.8. The van der Waals surface area contributed by atoms with Gasteiger partial charge in [0.1, 0.15) is 0 Å². The number of rotatable bonds is 2. The summed E-state index contributed by atoms with van der Waals surface area (Å²) in [6.07, 6.45) is -2.38. The minimum atomic E-state index is -0.902. The molecule has 0 aromatic rings. The van der Waals surface area contributed by atoms with Crippen LogP contribution < -0.4 is 0 Å². The van der Waals surface area contributed by atoms with E-state index in [1.807, 2.05) is 0 Å². The molecule has 0 aliphatic carbocycles. The summed E-state index contributed by atoms with van der Waals surface area (Å²) in [5, 5.41) is 6.01. The van der Waals surface area contributed by atoms with E-state index in [0.29, 0.717) is 0 Å². The summed E-state index contributed by atoms with van der Waals surface area (Å²) < 4.78 is 9.20. The molecule has 0 fully saturated rings. The second-order valence-electron chi connectivity index (χ2n) is 3.07. The number of hydrogen-bond donors (Lipinski definition) is 0. The van der Waals surface area contributed by atoms with Gasteiger partial charge in [0.05, 0.1) is 12.2 Å². The van der Waals surface area contributed by atoms with Crippen molar-refractivity contribution in [2.75, 3.05) is 0 Å². The Hall–Kier alpha value is -1.46. The SMILES string of the molecule is CC(C)OC(=O)N=NC(=O)OC(C)C.[HH]. The van der Waals surface area contributed by atoms with Crippen LogP contribution >= 0.6 is 0 Å². The van der Waals surface area contributed by atoms with E-state index in [0.717, 1.165) is 0 Å². The van der Waals surface area contributed by atoms with Crippen molar-refractivity contribution in [1.82, 2.24) is 0 Å². The Morgan fingerprint density at radius 2 is 1.21 bits per heavy atom. The Morgan fingerprint density at radius 3 is 1.43 bits per heavy atom. The molecule has 2 amide bonds. The van der Waals surface area contributed by atoms with Gasteiger partial charge >= 0.3 is 12.2 Å². The lowest BCUT2D eigenvalue weighted by atomic mass is 10.5. The van der Waals surface area contributed by atoms with Gasteiger partial charge in [-0.1, -0.05) is 10.2 Å². The zero-order valence-corrected chi connectivity index (χ0v) is 8.68. The fourth-order valence-electron chi connectivity index (χ4n) is 0.532. The number of ether oxygens (including phenoxy) is 2. The summed E-state index contributed by atoms with van der Waals surface area (Å²) in [5.41, 5.74) is 0. The predicted octanol–water partition coefficient (Wildman–Crippen LogP) is 2.77. The van der Waals surface area contributed by atoms with Crippen molar-refractivity contribution in [2.24, 2.45) is 10.2 Å². The van der Waals surface area contributed by atoms with Crippen molar-refractivity contribution < 1.29 is 20.5 Å². The lowest BCUT2D eigenvalue weighted by Crippen LogP contribution is -2.09. The van der Waals surface area contributed by atoms with E-state index in [1.165, 1.54) is 0 Å². The van der Waals surface area contributed by atoms with E-state index in [4.69, 9.17) is 0 Å². The highest BCUT2D eigenvalue weighted by molar-refractivity contribution is 5.73. The van der Waals surface area contributed by atoms with Crippen LogP contribution in [0.15, 0.2) is 10.2 Å². The number of carbonyl (C=O) groups is 2. The molecular weight excluding hydrogens is 188 g/mol. The molecular formula is C8H16N2O4. The second kappa shape index (κ2) is 6.06. The van der Waals surface area contributed by atoms with E-state index in [2.05, 4.69) is 19.7 Å². The van der Waals surface area contributed by atoms with Crippen molar-refractivity contribution in [3.63, 3.8) is 0 Å². The molecule has 0 rings (SSSR count). The average Bonchev–Trinajstić information content (AvgIpc) is 1.98. The maximum absolute atomic E-state index is 10.8. The number of amides is 2. The monoisotopic (exact) mass is 204 g/mol. The Balaban J connectivity index is 0. The predicted molar refractivity (Wildman–Crippen MR) is 50.2 cm³/mol. The maximum Gasteiger partial charge on any atom is 0.452 e. The molecule has 0 aliphatic rings. The van der Waals surface area contributed by atoms with E-state index in [1.54, 1.807) is 27.7 Å². The lowest BCUT2D eigenvalue weighted by Gasteiger charge is -2.03. The van der Waals surface area contributed by atoms with Crippen LogP contribution in [0.25, 0.3) is 0 Å². The molecule has 0 aromatic heterocycles. The standard InChI is InChI=1S/C8H14N2O4.H2/c1-5(2)13-7(11)9-10-8(12)14-6(3)4;/h5-6H,1-4H3;1H. The van der Waals surface area contributed by atoms with E-state index >= 15 is 0 Å². The zero-order chi connectivity index (χ0) is 11.1. The Kier molecular flexibility index (Phi) is 5.43. The van der Waals surface area contributed by atoms with Gasteiger partial charge in [-0.15, -0.1) is 0 Å². The zero-order valence-electron chi connectivity index (χ0n) is 8.68. The molecule has 6 nitrogen and oxygen atoms in total. The van der Waals surface area contributed by atoms with Crippen LogP contribution in [-0.4, -0.2) is 24.4 Å². The molecule has 0 N–H and O–H groups in total. The fourth-order valence-corrected chi connectivity index (χ4v) is 0.532. The van der Waals surface area contributed by atoms with Gasteiger partial charge in [0, 0.05) is 1.43 Å². The van der Waals surface area contributed by atoms with Gasteiger partial charge in [-0.3, -0.25) is 0 Å². The molecule has 0 atom stereocenters. The van der Waals surface area contributed by atoms with Crippen molar-refractivity contribution >= 4 is 12.2 Å². The van der Waals surface area contributed by atoms with Crippen molar-refractivity contribution in [3.8, 4) is 0 Å². The molecule has 0 heterocycles. The summed E-state index contributed by atoms with van der Waals surface area (Å²) in [5.74, 6) is 0. The first-order chi connectivity index (χ1) is 6.41. The van der Waals surface area contributed by atoms with Crippen molar-refractivity contribution in [3.05, 3.63) is 0 Å². The van der Waals surface area contributed by atoms with Crippen LogP contribution in [0, 0.1) is 0 Å². The van der Waals surface area contributed by atoms with Gasteiger partial charge in [-0.2, -0.15) is 0 Å². The molecule has 0 spiro atoms. The normalized spacial score (nSPS) is 11.0. The minimum absolute atomic E-state index is 0. The van der Waals surface area contributed by atoms with E-state index in [9.17, 15) is 9.59 Å². The van der Waals surface area contributed by atoms with Crippen LogP contribution in [-0.2, 0) is 9.47 Å². The highest BCUT2D eigenvalue weighted by atomic mass is 16.6. The highest BCUT2D eigenvalue weighted by Gasteiger charge is 2.06. The van der Waals surface area contributed by atoms with Crippen LogP contribution in [0.3, 0.4) is 0 Å². The molecule has 0 bridgehead atoms. The van der Waals surface area contributed by atoms with Crippen LogP contribution in [0.1, 0.15) is 29.1 Å². The fraction of sp³-hybridized carbons (Fsp3) is 0.750. The second-order valence-corrected chi connectivity index (χ2v) is 3.07. The van der Waals surface area contributed by atoms with Gasteiger partial charge in [-0.05, 0) is 27.7 Å². The third-order valence-electron chi connectivity index (χ3n) is 0.886. The first kappa shape index (κ1) is 12.5. The quantitative estimate of drug-likeness (QED) is 0.648. The van der Waals surface area contributed by atoms with Gasteiger partial charge < -0.3 is 9.47 Å². The van der Waals surface area contributed by atoms with Gasteiger partial charge in [0.25, 0.3) is 0 Å². The summed E-state index contributed by atoms with van der Waals surface area (Å²) in [4.78, 5) is 21.5. The third-order valence-corrected chi connectivity index (χ3v) is 0.886. The Bertz CT molecular complexity index is 217. The van der Waals surface area contributed by atoms with Crippen LogP contribution in [0.4, 0.5) is 9.59 Å². The molecule has 14 heavy (non-hydrogen) atoms. The van der Waals surface area contributed by atoms with Crippen LogP contribution in [0.5, 0.6) is 0 Å². The molecule has 0 radical (unpaired) electrons. The van der Waals surface area contributed by atoms with Crippen molar-refractivity contribution in [2.45, 2.75) is 39.9 Å². The molecule has 0 saturated carbocycles. The van der Waals surface area contributed by atoms with Gasteiger partial charge in [0.15, 0.2) is 0 Å². The highest BCUT2D eigenvalue weighted by Crippen LogP contribution is 1.96. The number of azo groups is 1. The molecule has 0 saturated heterocycles. The molecule has 82 valence electrons. The number of hydrogen-bond acceptors (Lipinski definition) is 4. The summed E-state index contributed by atoms with van der Waals surface area (Å²) in [6, 6.07) is 0. The number of nitrogens with zero attached hydrogens (tertiary/aromatic N) is 2. The molecule has 0 aromatic carbocycles. The smallest absolute Gasteiger partial charge is 0.444 e. The Morgan fingerprint density at radius 1 is 0.929 bits per heavy atom. The first-order valence-corrected chi connectivity index (χ1v) is 4.24. The minimum Gasteiger partial charge on any atom is -0.444 e. The topological polar surface area (TPSA) is 77.3 Å². The summed E-state index contributed by atoms with van der Waals surface area (Å²) >= 11 is 0. The van der Waals surface area contributed by atoms with Gasteiger partial charge in [-0.25, -0.2) is 9.59 Å². The molecule has 0 unspecified atom stereocenters. The third kappa shape index (κ3) is 7.20. The molecule has 6 heteroatoms. The Labute approximate surface area is 83.8 Å². The van der Waals surface area contributed by atoms with Crippen molar-refractivity contribution in [1.29, 1.82) is 0 Å².